The maximum absolute atomic E-state index is 13.0. The van der Waals surface area contributed by atoms with E-state index in [1.54, 1.807) is 25.3 Å². The molecule has 170 valence electrons. The van der Waals surface area contributed by atoms with Crippen LogP contribution < -0.4 is 10.3 Å². The van der Waals surface area contributed by atoms with Gasteiger partial charge in [-0.05, 0) is 37.1 Å². The Kier molecular flexibility index (Phi) is 7.68. The van der Waals surface area contributed by atoms with Crippen LogP contribution in [0, 0.1) is 13.8 Å². The zero-order valence-corrected chi connectivity index (χ0v) is 19.6. The lowest BCUT2D eigenvalue weighted by Crippen LogP contribution is -2.28. The van der Waals surface area contributed by atoms with Gasteiger partial charge in [0.05, 0.1) is 11.1 Å². The lowest BCUT2D eigenvalue weighted by molar-refractivity contribution is -0.127. The molecule has 2 aromatic heterocycles. The summed E-state index contributed by atoms with van der Waals surface area (Å²) in [5, 5.41) is 1.08. The molecule has 0 fully saturated rings. The van der Waals surface area contributed by atoms with Crippen LogP contribution in [0.25, 0.3) is 10.2 Å². The number of ether oxygens (including phenoxy) is 1. The average molecular weight is 480 g/mol. The summed E-state index contributed by atoms with van der Waals surface area (Å²) in [5.74, 6) is 0.0107. The lowest BCUT2D eigenvalue weighted by Gasteiger charge is -2.18. The van der Waals surface area contributed by atoms with E-state index in [1.807, 2.05) is 13.8 Å². The molecule has 0 radical (unpaired) electrons. The molecule has 1 aromatic carbocycles. The maximum Gasteiger partial charge on any atom is 0.387 e. The van der Waals surface area contributed by atoms with E-state index < -0.39 is 6.61 Å². The molecular weight excluding hydrogens is 456 g/mol. The number of hydrogen-bond acceptors (Lipinski definition) is 6. The minimum absolute atomic E-state index is 0.0639. The monoisotopic (exact) mass is 479 g/mol. The summed E-state index contributed by atoms with van der Waals surface area (Å²) in [6.45, 7) is 5.31. The molecule has 0 aliphatic heterocycles. The highest BCUT2D eigenvalue weighted by molar-refractivity contribution is 7.99. The second-order valence-electron chi connectivity index (χ2n) is 7.12. The number of amides is 1. The average Bonchev–Trinajstić information content (AvgIpc) is 3.03. The highest BCUT2D eigenvalue weighted by Gasteiger charge is 2.18. The van der Waals surface area contributed by atoms with E-state index >= 15 is 0 Å². The van der Waals surface area contributed by atoms with Crippen LogP contribution in [0.4, 0.5) is 8.78 Å². The fraction of sp³-hybridized carbons (Fsp3) is 0.318. The molecule has 32 heavy (non-hydrogen) atoms. The van der Waals surface area contributed by atoms with E-state index in [4.69, 9.17) is 0 Å². The van der Waals surface area contributed by atoms with Crippen LogP contribution in [-0.2, 0) is 17.9 Å². The van der Waals surface area contributed by atoms with Crippen LogP contribution in [0.3, 0.4) is 0 Å². The van der Waals surface area contributed by atoms with Crippen LogP contribution in [0.5, 0.6) is 5.75 Å². The topological polar surface area (TPSA) is 64.4 Å². The van der Waals surface area contributed by atoms with Gasteiger partial charge in [0, 0.05) is 25.0 Å². The Morgan fingerprint density at radius 2 is 2.03 bits per heavy atom. The van der Waals surface area contributed by atoms with E-state index in [9.17, 15) is 18.4 Å². The van der Waals surface area contributed by atoms with Gasteiger partial charge in [0.15, 0.2) is 5.16 Å². The first-order valence-corrected chi connectivity index (χ1v) is 11.5. The van der Waals surface area contributed by atoms with Crippen molar-refractivity contribution in [1.82, 2.24) is 14.5 Å². The standard InChI is InChI=1S/C22H23F2N3O3S2/c1-5-10-27-20(29)18-13(2)14(3)32-19(18)25-22(27)31-12-17(28)26(4)11-15-6-8-16(9-7-15)30-21(23)24/h5-9,21H,1,10-12H2,2-4H3. The summed E-state index contributed by atoms with van der Waals surface area (Å²) in [4.78, 5) is 33.5. The van der Waals surface area contributed by atoms with Crippen LogP contribution in [0.1, 0.15) is 16.0 Å². The van der Waals surface area contributed by atoms with Crippen molar-refractivity contribution >= 4 is 39.2 Å². The van der Waals surface area contributed by atoms with Crippen LogP contribution in [-0.4, -0.2) is 39.8 Å². The number of halogens is 2. The summed E-state index contributed by atoms with van der Waals surface area (Å²) >= 11 is 2.67. The van der Waals surface area contributed by atoms with Crippen molar-refractivity contribution in [3.8, 4) is 5.75 Å². The Balaban J connectivity index is 1.71. The maximum atomic E-state index is 13.0. The summed E-state index contributed by atoms with van der Waals surface area (Å²) in [5.41, 5.74) is 1.57. The third-order valence-electron chi connectivity index (χ3n) is 4.88. The number of nitrogens with zero attached hydrogens (tertiary/aromatic N) is 3. The van der Waals surface area contributed by atoms with Gasteiger partial charge in [-0.1, -0.05) is 30.0 Å². The van der Waals surface area contributed by atoms with E-state index in [-0.39, 0.29) is 23.0 Å². The number of allylic oxidation sites excluding steroid dienone is 1. The molecule has 1 amide bonds. The van der Waals surface area contributed by atoms with Crippen molar-refractivity contribution in [2.24, 2.45) is 0 Å². The minimum atomic E-state index is -2.88. The highest BCUT2D eigenvalue weighted by Crippen LogP contribution is 2.28. The number of fused-ring (bicyclic) bond motifs is 1. The first-order chi connectivity index (χ1) is 15.2. The van der Waals surface area contributed by atoms with Gasteiger partial charge in [-0.3, -0.25) is 14.2 Å². The normalized spacial score (nSPS) is 11.2. The molecule has 6 nitrogen and oxygen atoms in total. The van der Waals surface area contributed by atoms with Gasteiger partial charge >= 0.3 is 6.61 Å². The van der Waals surface area contributed by atoms with E-state index in [0.29, 0.717) is 28.5 Å². The Morgan fingerprint density at radius 1 is 1.34 bits per heavy atom. The number of carbonyl (C=O) groups excluding carboxylic acids is 1. The van der Waals surface area contributed by atoms with Crippen LogP contribution in [0.15, 0.2) is 46.9 Å². The summed E-state index contributed by atoms with van der Waals surface area (Å²) in [7, 11) is 1.66. The molecule has 2 heterocycles. The van der Waals surface area contributed by atoms with E-state index in [0.717, 1.165) is 16.0 Å². The second kappa shape index (κ2) is 10.3. The SMILES string of the molecule is C=CCn1c(SCC(=O)N(C)Cc2ccc(OC(F)F)cc2)nc2sc(C)c(C)c2c1=O. The number of rotatable bonds is 9. The number of aromatic nitrogens is 2. The van der Waals surface area contributed by atoms with Gasteiger partial charge in [-0.25, -0.2) is 4.98 Å². The fourth-order valence-corrected chi connectivity index (χ4v) is 5.10. The van der Waals surface area contributed by atoms with Crippen molar-refractivity contribution in [3.63, 3.8) is 0 Å². The number of aryl methyl sites for hydroxylation is 2. The first-order valence-electron chi connectivity index (χ1n) is 9.73. The molecule has 0 bridgehead atoms. The number of alkyl halides is 2. The third-order valence-corrected chi connectivity index (χ3v) is 6.95. The van der Waals surface area contributed by atoms with Gasteiger partial charge < -0.3 is 9.64 Å². The molecule has 0 saturated heterocycles. The van der Waals surface area contributed by atoms with Gasteiger partial charge in [-0.2, -0.15) is 8.78 Å². The second-order valence-corrected chi connectivity index (χ2v) is 9.27. The molecular formula is C22H23F2N3O3S2. The van der Waals surface area contributed by atoms with Crippen molar-refractivity contribution in [2.45, 2.75) is 38.7 Å². The van der Waals surface area contributed by atoms with Crippen molar-refractivity contribution in [3.05, 3.63) is 63.3 Å². The van der Waals surface area contributed by atoms with Gasteiger partial charge in [0.1, 0.15) is 10.6 Å². The number of benzene rings is 1. The number of thiophene rings is 1. The Labute approximate surface area is 192 Å². The number of carbonyl (C=O) groups is 1. The Morgan fingerprint density at radius 3 is 2.66 bits per heavy atom. The van der Waals surface area contributed by atoms with E-state index in [2.05, 4.69) is 16.3 Å². The third kappa shape index (κ3) is 5.36. The highest BCUT2D eigenvalue weighted by atomic mass is 32.2. The molecule has 3 rings (SSSR count). The van der Waals surface area contributed by atoms with Crippen LogP contribution >= 0.6 is 23.1 Å². The number of hydrogen-bond donors (Lipinski definition) is 0. The molecule has 0 unspecified atom stereocenters. The zero-order valence-electron chi connectivity index (χ0n) is 17.9. The predicted octanol–water partition coefficient (Wildman–Crippen LogP) is 4.61. The molecule has 3 aromatic rings. The quantitative estimate of drug-likeness (QED) is 0.255. The molecule has 10 heteroatoms. The Hall–Kier alpha value is -2.72. The molecule has 0 aliphatic rings. The largest absolute Gasteiger partial charge is 0.435 e. The smallest absolute Gasteiger partial charge is 0.387 e. The minimum Gasteiger partial charge on any atom is -0.435 e. The lowest BCUT2D eigenvalue weighted by atomic mass is 10.2. The summed E-state index contributed by atoms with van der Waals surface area (Å²) in [6, 6.07) is 6.14. The number of thioether (sulfide) groups is 1. The molecule has 0 aliphatic carbocycles. The molecule has 0 atom stereocenters. The predicted molar refractivity (Wildman–Crippen MR) is 124 cm³/mol. The summed E-state index contributed by atoms with van der Waals surface area (Å²) < 4.78 is 30.4. The van der Waals surface area contributed by atoms with Crippen LogP contribution in [0.2, 0.25) is 0 Å². The van der Waals surface area contributed by atoms with Gasteiger partial charge in [0.2, 0.25) is 5.91 Å². The Bertz CT molecular complexity index is 1190. The van der Waals surface area contributed by atoms with Crippen molar-refractivity contribution in [2.75, 3.05) is 12.8 Å². The van der Waals surface area contributed by atoms with Crippen molar-refractivity contribution < 1.29 is 18.3 Å². The molecule has 0 spiro atoms. The zero-order chi connectivity index (χ0) is 23.4. The van der Waals surface area contributed by atoms with E-state index in [1.165, 1.54) is 44.7 Å². The van der Waals surface area contributed by atoms with Gasteiger partial charge in [0.25, 0.3) is 5.56 Å². The van der Waals surface area contributed by atoms with Crippen molar-refractivity contribution in [1.29, 1.82) is 0 Å². The van der Waals surface area contributed by atoms with Gasteiger partial charge in [-0.15, -0.1) is 17.9 Å². The fourth-order valence-electron chi connectivity index (χ4n) is 3.08. The summed E-state index contributed by atoms with van der Waals surface area (Å²) in [6.07, 6.45) is 1.63. The molecule has 0 saturated carbocycles. The first kappa shape index (κ1) is 23.9. The molecule has 0 N–H and O–H groups in total.